The van der Waals surface area contributed by atoms with Crippen LogP contribution < -0.4 is 5.32 Å². The van der Waals surface area contributed by atoms with Crippen LogP contribution in [0.15, 0.2) is 53.9 Å². The molecule has 0 saturated carbocycles. The summed E-state index contributed by atoms with van der Waals surface area (Å²) in [5.74, 6) is 0. The van der Waals surface area contributed by atoms with Crippen LogP contribution in [0.1, 0.15) is 30.0 Å². The molecule has 0 radical (unpaired) electrons. The number of pyridine rings is 1. The molecule has 0 aliphatic rings. The summed E-state index contributed by atoms with van der Waals surface area (Å²) < 4.78 is 0. The Balaban J connectivity index is 1.73. The fourth-order valence-electron chi connectivity index (χ4n) is 2.37. The fourth-order valence-corrected chi connectivity index (χ4v) is 3.26. The van der Waals surface area contributed by atoms with Gasteiger partial charge in [0.2, 0.25) is 0 Å². The molecule has 0 aliphatic carbocycles. The number of hydrogen-bond donors (Lipinski definition) is 1. The molecule has 0 spiro atoms. The average molecular weight is 282 g/mol. The average Bonchev–Trinajstić information content (AvgIpc) is 3.02. The summed E-state index contributed by atoms with van der Waals surface area (Å²) in [6.07, 6.45) is 1.09. The number of fused-ring (bicyclic) bond motifs is 1. The van der Waals surface area contributed by atoms with E-state index in [0.29, 0.717) is 6.04 Å². The van der Waals surface area contributed by atoms with Crippen LogP contribution in [-0.4, -0.2) is 4.98 Å². The van der Waals surface area contributed by atoms with E-state index in [0.717, 1.165) is 24.2 Å². The Morgan fingerprint density at radius 1 is 1.10 bits per heavy atom. The van der Waals surface area contributed by atoms with Crippen LogP contribution >= 0.6 is 11.3 Å². The molecule has 3 rings (SSSR count). The van der Waals surface area contributed by atoms with Crippen molar-refractivity contribution in [2.45, 2.75) is 25.9 Å². The molecule has 102 valence electrons. The molecule has 1 aromatic carbocycles. The zero-order valence-electron chi connectivity index (χ0n) is 11.5. The van der Waals surface area contributed by atoms with Crippen molar-refractivity contribution in [3.05, 3.63) is 64.5 Å². The Hall–Kier alpha value is -1.71. The third kappa shape index (κ3) is 2.89. The lowest BCUT2D eigenvalue weighted by molar-refractivity contribution is 0.522. The number of nitrogens with one attached hydrogen (secondary N) is 1. The molecule has 2 nitrogen and oxygen atoms in total. The van der Waals surface area contributed by atoms with Gasteiger partial charge >= 0.3 is 0 Å². The van der Waals surface area contributed by atoms with Gasteiger partial charge in [0.1, 0.15) is 0 Å². The molecule has 0 bridgehead atoms. The van der Waals surface area contributed by atoms with Crippen molar-refractivity contribution in [2.75, 3.05) is 0 Å². The Morgan fingerprint density at radius 3 is 2.80 bits per heavy atom. The van der Waals surface area contributed by atoms with E-state index in [1.165, 1.54) is 10.3 Å². The van der Waals surface area contributed by atoms with E-state index >= 15 is 0 Å². The molecule has 1 unspecified atom stereocenters. The highest BCUT2D eigenvalue weighted by Crippen LogP contribution is 2.22. The number of rotatable bonds is 5. The van der Waals surface area contributed by atoms with Crippen LogP contribution in [0.5, 0.6) is 0 Å². The topological polar surface area (TPSA) is 24.9 Å². The van der Waals surface area contributed by atoms with Crippen molar-refractivity contribution >= 4 is 22.2 Å². The number of aromatic nitrogens is 1. The minimum atomic E-state index is 0.420. The number of nitrogens with zero attached hydrogens (tertiary/aromatic N) is 1. The van der Waals surface area contributed by atoms with E-state index < -0.39 is 0 Å². The molecule has 1 atom stereocenters. The molecule has 1 N–H and O–H groups in total. The summed E-state index contributed by atoms with van der Waals surface area (Å²) >= 11 is 1.81. The summed E-state index contributed by atoms with van der Waals surface area (Å²) in [6, 6.07) is 17.2. The third-order valence-electron chi connectivity index (χ3n) is 3.48. The van der Waals surface area contributed by atoms with Crippen molar-refractivity contribution in [3.8, 4) is 0 Å². The smallest absolute Gasteiger partial charge is 0.0705 e. The molecule has 20 heavy (non-hydrogen) atoms. The van der Waals surface area contributed by atoms with Gasteiger partial charge in [-0.05, 0) is 30.0 Å². The summed E-state index contributed by atoms with van der Waals surface area (Å²) in [4.78, 5) is 6.10. The van der Waals surface area contributed by atoms with Crippen molar-refractivity contribution in [1.82, 2.24) is 10.3 Å². The van der Waals surface area contributed by atoms with Crippen molar-refractivity contribution < 1.29 is 0 Å². The second-order valence-corrected chi connectivity index (χ2v) is 5.83. The maximum Gasteiger partial charge on any atom is 0.0705 e. The normalized spacial score (nSPS) is 12.7. The number of hydrogen-bond acceptors (Lipinski definition) is 3. The van der Waals surface area contributed by atoms with Gasteiger partial charge in [0.05, 0.1) is 11.2 Å². The molecule has 0 fully saturated rings. The lowest BCUT2D eigenvalue weighted by atomic mass is 10.1. The van der Waals surface area contributed by atoms with Crippen LogP contribution in [0, 0.1) is 0 Å². The van der Waals surface area contributed by atoms with Gasteiger partial charge in [0.25, 0.3) is 0 Å². The van der Waals surface area contributed by atoms with Crippen LogP contribution in [0.3, 0.4) is 0 Å². The molecular weight excluding hydrogens is 264 g/mol. The monoisotopic (exact) mass is 282 g/mol. The molecule has 3 aromatic rings. The van der Waals surface area contributed by atoms with Crippen molar-refractivity contribution in [3.63, 3.8) is 0 Å². The lowest BCUT2D eigenvalue weighted by Crippen LogP contribution is -2.19. The highest BCUT2D eigenvalue weighted by atomic mass is 32.1. The zero-order valence-corrected chi connectivity index (χ0v) is 12.4. The second kappa shape index (κ2) is 6.16. The summed E-state index contributed by atoms with van der Waals surface area (Å²) in [5, 5.41) is 6.93. The Kier molecular flexibility index (Phi) is 4.09. The number of thiophene rings is 1. The SMILES string of the molecule is CCC(NCc1ccc2ccccc2n1)c1cccs1. The molecule has 0 saturated heterocycles. The Labute approximate surface area is 123 Å². The van der Waals surface area contributed by atoms with Gasteiger partial charge in [-0.2, -0.15) is 0 Å². The first-order valence-corrected chi connectivity index (χ1v) is 7.86. The zero-order chi connectivity index (χ0) is 13.8. The highest BCUT2D eigenvalue weighted by Gasteiger charge is 2.09. The second-order valence-electron chi connectivity index (χ2n) is 4.85. The Morgan fingerprint density at radius 2 is 2.00 bits per heavy atom. The maximum absolute atomic E-state index is 4.70. The molecule has 0 aliphatic heterocycles. The summed E-state index contributed by atoms with van der Waals surface area (Å²) in [6.45, 7) is 3.02. The molecule has 3 heteroatoms. The van der Waals surface area contributed by atoms with Gasteiger partial charge in [0.15, 0.2) is 0 Å². The third-order valence-corrected chi connectivity index (χ3v) is 4.47. The van der Waals surface area contributed by atoms with E-state index in [-0.39, 0.29) is 0 Å². The van der Waals surface area contributed by atoms with E-state index in [1.54, 1.807) is 0 Å². The van der Waals surface area contributed by atoms with E-state index in [1.807, 2.05) is 23.5 Å². The maximum atomic E-state index is 4.70. The van der Waals surface area contributed by atoms with Crippen molar-refractivity contribution in [2.24, 2.45) is 0 Å². The molecule has 0 amide bonds. The largest absolute Gasteiger partial charge is 0.304 e. The first-order chi connectivity index (χ1) is 9.86. The molecule has 2 aromatic heterocycles. The number of benzene rings is 1. The van der Waals surface area contributed by atoms with E-state index in [2.05, 4.69) is 54.0 Å². The van der Waals surface area contributed by atoms with E-state index in [9.17, 15) is 0 Å². The minimum absolute atomic E-state index is 0.420. The minimum Gasteiger partial charge on any atom is -0.304 e. The predicted molar refractivity (Wildman–Crippen MR) is 85.9 cm³/mol. The summed E-state index contributed by atoms with van der Waals surface area (Å²) in [5.41, 5.74) is 2.16. The van der Waals surface area contributed by atoms with Gasteiger partial charge < -0.3 is 5.32 Å². The van der Waals surface area contributed by atoms with Gasteiger partial charge in [-0.25, -0.2) is 0 Å². The fraction of sp³-hybridized carbons (Fsp3) is 0.235. The first kappa shape index (κ1) is 13.3. The first-order valence-electron chi connectivity index (χ1n) is 6.98. The van der Waals surface area contributed by atoms with Gasteiger partial charge in [-0.15, -0.1) is 11.3 Å². The standard InChI is InChI=1S/C17H18N2S/c1-2-15(17-8-5-11-20-17)18-12-14-10-9-13-6-3-4-7-16(13)19-14/h3-11,15,18H,2,12H2,1H3. The van der Waals surface area contributed by atoms with Crippen LogP contribution in [0.4, 0.5) is 0 Å². The van der Waals surface area contributed by atoms with E-state index in [4.69, 9.17) is 4.98 Å². The molecule has 2 heterocycles. The van der Waals surface area contributed by atoms with Crippen LogP contribution in [-0.2, 0) is 6.54 Å². The van der Waals surface area contributed by atoms with Crippen LogP contribution in [0.25, 0.3) is 10.9 Å². The lowest BCUT2D eigenvalue weighted by Gasteiger charge is -2.15. The number of para-hydroxylation sites is 1. The molecular formula is C17H18N2S. The van der Waals surface area contributed by atoms with Gasteiger partial charge in [-0.1, -0.05) is 37.3 Å². The van der Waals surface area contributed by atoms with Gasteiger partial charge in [0, 0.05) is 22.8 Å². The summed E-state index contributed by atoms with van der Waals surface area (Å²) in [7, 11) is 0. The predicted octanol–water partition coefficient (Wildman–Crippen LogP) is 4.54. The highest BCUT2D eigenvalue weighted by molar-refractivity contribution is 7.10. The Bertz CT molecular complexity index is 676. The van der Waals surface area contributed by atoms with Crippen molar-refractivity contribution in [1.29, 1.82) is 0 Å². The van der Waals surface area contributed by atoms with Crippen LogP contribution in [0.2, 0.25) is 0 Å². The quantitative estimate of drug-likeness (QED) is 0.743. The van der Waals surface area contributed by atoms with Gasteiger partial charge in [-0.3, -0.25) is 4.98 Å².